The van der Waals surface area contributed by atoms with Crippen molar-refractivity contribution < 1.29 is 19.5 Å². The number of nitrogens with one attached hydrogen (secondary N) is 2. The molecule has 7 heteroatoms. The molecule has 0 saturated heterocycles. The number of rotatable bonds is 7. The zero-order chi connectivity index (χ0) is 15.3. The number of nitrogens with zero attached hydrogens (tertiary/aromatic N) is 1. The number of carbonyl (C=O) groups is 3. The van der Waals surface area contributed by atoms with Gasteiger partial charge in [-0.3, -0.25) is 4.79 Å². The van der Waals surface area contributed by atoms with E-state index < -0.39 is 17.5 Å². The lowest BCUT2D eigenvalue weighted by Gasteiger charge is -2.30. The Morgan fingerprint density at radius 1 is 1.25 bits per heavy atom. The standard InChI is InChI=1S/C13H23N3O4/c1-4-13(5-2,11(18)19)15-12(20)16(3)8-10(17)14-9-6-7-9/h9H,4-8H2,1-3H3,(H,14,17)(H,15,20)(H,18,19). The lowest BCUT2D eigenvalue weighted by molar-refractivity contribution is -0.144. The number of amides is 3. The van der Waals surface area contributed by atoms with Gasteiger partial charge in [0.25, 0.3) is 0 Å². The summed E-state index contributed by atoms with van der Waals surface area (Å²) in [6.07, 6.45) is 2.53. The van der Waals surface area contributed by atoms with Crippen molar-refractivity contribution in [1.82, 2.24) is 15.5 Å². The number of hydrogen-bond acceptors (Lipinski definition) is 3. The minimum absolute atomic E-state index is 0.0779. The largest absolute Gasteiger partial charge is 0.480 e. The van der Waals surface area contributed by atoms with E-state index in [0.717, 1.165) is 12.8 Å². The highest BCUT2D eigenvalue weighted by Gasteiger charge is 2.37. The van der Waals surface area contributed by atoms with Gasteiger partial charge in [-0.1, -0.05) is 13.8 Å². The molecule has 0 bridgehead atoms. The van der Waals surface area contributed by atoms with Crippen LogP contribution in [0.3, 0.4) is 0 Å². The fourth-order valence-corrected chi connectivity index (χ4v) is 1.87. The predicted molar refractivity (Wildman–Crippen MR) is 73.3 cm³/mol. The molecule has 1 saturated carbocycles. The highest BCUT2D eigenvalue weighted by atomic mass is 16.4. The molecule has 1 fully saturated rings. The third-order valence-electron chi connectivity index (χ3n) is 3.63. The van der Waals surface area contributed by atoms with Gasteiger partial charge in [-0.2, -0.15) is 0 Å². The van der Waals surface area contributed by atoms with Gasteiger partial charge >= 0.3 is 12.0 Å². The second-order valence-electron chi connectivity index (χ2n) is 5.22. The van der Waals surface area contributed by atoms with Crippen LogP contribution in [0.5, 0.6) is 0 Å². The molecule has 0 spiro atoms. The topological polar surface area (TPSA) is 98.7 Å². The van der Waals surface area contributed by atoms with Gasteiger partial charge in [0.1, 0.15) is 12.1 Å². The molecule has 0 radical (unpaired) electrons. The summed E-state index contributed by atoms with van der Waals surface area (Å²) < 4.78 is 0. The Hall–Kier alpha value is -1.79. The molecule has 1 aliphatic carbocycles. The highest BCUT2D eigenvalue weighted by Crippen LogP contribution is 2.18. The lowest BCUT2D eigenvalue weighted by atomic mass is 9.93. The summed E-state index contributed by atoms with van der Waals surface area (Å²) in [5, 5.41) is 14.5. The molecule has 0 aliphatic heterocycles. The van der Waals surface area contributed by atoms with Crippen LogP contribution < -0.4 is 10.6 Å². The van der Waals surface area contributed by atoms with Crippen LogP contribution in [0.1, 0.15) is 39.5 Å². The van der Waals surface area contributed by atoms with Gasteiger partial charge < -0.3 is 20.6 Å². The number of likely N-dealkylation sites (N-methyl/N-ethyl adjacent to an activating group) is 1. The van der Waals surface area contributed by atoms with Crippen molar-refractivity contribution >= 4 is 17.9 Å². The molecule has 1 aliphatic rings. The fraction of sp³-hybridized carbons (Fsp3) is 0.769. The molecule has 0 aromatic carbocycles. The summed E-state index contributed by atoms with van der Waals surface area (Å²) >= 11 is 0. The van der Waals surface area contributed by atoms with E-state index in [0.29, 0.717) is 0 Å². The maximum atomic E-state index is 12.0. The summed E-state index contributed by atoms with van der Waals surface area (Å²) in [5.74, 6) is -1.29. The van der Waals surface area contributed by atoms with E-state index in [1.54, 1.807) is 13.8 Å². The number of carboxylic acid groups (broad SMARTS) is 1. The summed E-state index contributed by atoms with van der Waals surface area (Å²) in [6, 6.07) is -0.314. The van der Waals surface area contributed by atoms with Crippen molar-refractivity contribution in [3.63, 3.8) is 0 Å². The van der Waals surface area contributed by atoms with Gasteiger partial charge in [0.2, 0.25) is 5.91 Å². The quantitative estimate of drug-likeness (QED) is 0.636. The monoisotopic (exact) mass is 285 g/mol. The first-order valence-corrected chi connectivity index (χ1v) is 6.90. The van der Waals surface area contributed by atoms with Crippen LogP contribution in [0.15, 0.2) is 0 Å². The van der Waals surface area contributed by atoms with Crippen LogP contribution >= 0.6 is 0 Å². The Kier molecular flexibility index (Phi) is 5.35. The van der Waals surface area contributed by atoms with Crippen molar-refractivity contribution in [2.45, 2.75) is 51.1 Å². The lowest BCUT2D eigenvalue weighted by Crippen LogP contribution is -2.57. The fourth-order valence-electron chi connectivity index (χ4n) is 1.87. The minimum Gasteiger partial charge on any atom is -0.480 e. The second kappa shape index (κ2) is 6.58. The Bertz CT molecular complexity index is 389. The highest BCUT2D eigenvalue weighted by molar-refractivity contribution is 5.88. The van der Waals surface area contributed by atoms with Crippen molar-refractivity contribution in [3.8, 4) is 0 Å². The second-order valence-corrected chi connectivity index (χ2v) is 5.22. The zero-order valence-electron chi connectivity index (χ0n) is 12.2. The molecule has 0 unspecified atom stereocenters. The molecule has 3 N–H and O–H groups in total. The molecule has 1 rings (SSSR count). The SMILES string of the molecule is CCC(CC)(NC(=O)N(C)CC(=O)NC1CC1)C(=O)O. The van der Waals surface area contributed by atoms with E-state index in [-0.39, 0.29) is 31.3 Å². The molecule has 20 heavy (non-hydrogen) atoms. The maximum Gasteiger partial charge on any atom is 0.329 e. The van der Waals surface area contributed by atoms with Gasteiger partial charge in [0, 0.05) is 13.1 Å². The summed E-state index contributed by atoms with van der Waals surface area (Å²) in [7, 11) is 1.47. The van der Waals surface area contributed by atoms with Crippen LogP contribution in [0.25, 0.3) is 0 Å². The van der Waals surface area contributed by atoms with Crippen molar-refractivity contribution in [2.75, 3.05) is 13.6 Å². The summed E-state index contributed by atoms with van der Waals surface area (Å²) in [6.45, 7) is 3.33. The van der Waals surface area contributed by atoms with Crippen molar-refractivity contribution in [2.24, 2.45) is 0 Å². The molecular weight excluding hydrogens is 262 g/mol. The van der Waals surface area contributed by atoms with E-state index in [2.05, 4.69) is 10.6 Å². The smallest absolute Gasteiger partial charge is 0.329 e. The van der Waals surface area contributed by atoms with E-state index in [9.17, 15) is 19.5 Å². The normalized spacial score (nSPS) is 14.6. The molecule has 0 heterocycles. The van der Waals surface area contributed by atoms with E-state index in [1.807, 2.05) is 0 Å². The van der Waals surface area contributed by atoms with E-state index in [1.165, 1.54) is 11.9 Å². The van der Waals surface area contributed by atoms with E-state index in [4.69, 9.17) is 0 Å². The Labute approximate surface area is 118 Å². The molecule has 0 aromatic heterocycles. The van der Waals surface area contributed by atoms with Crippen LogP contribution in [0.4, 0.5) is 4.79 Å². The molecule has 0 aromatic rings. The zero-order valence-corrected chi connectivity index (χ0v) is 12.2. The van der Waals surface area contributed by atoms with Crippen molar-refractivity contribution in [1.29, 1.82) is 0 Å². The van der Waals surface area contributed by atoms with E-state index >= 15 is 0 Å². The van der Waals surface area contributed by atoms with Gasteiger partial charge in [0.05, 0.1) is 0 Å². The summed E-state index contributed by atoms with van der Waals surface area (Å²) in [4.78, 5) is 36.1. The molecule has 0 atom stereocenters. The van der Waals surface area contributed by atoms with Gasteiger partial charge in [-0.25, -0.2) is 9.59 Å². The maximum absolute atomic E-state index is 12.0. The number of hydrogen-bond donors (Lipinski definition) is 3. The average molecular weight is 285 g/mol. The predicted octanol–water partition coefficient (Wildman–Crippen LogP) is 0.550. The number of carbonyl (C=O) groups excluding carboxylic acids is 2. The first-order chi connectivity index (χ1) is 9.34. The van der Waals surface area contributed by atoms with Gasteiger partial charge in [-0.15, -0.1) is 0 Å². The molecule has 114 valence electrons. The molecule has 7 nitrogen and oxygen atoms in total. The van der Waals surface area contributed by atoms with Crippen LogP contribution in [-0.2, 0) is 9.59 Å². The minimum atomic E-state index is -1.28. The van der Waals surface area contributed by atoms with Crippen molar-refractivity contribution in [3.05, 3.63) is 0 Å². The molecular formula is C13H23N3O4. The third kappa shape index (κ3) is 4.11. The average Bonchev–Trinajstić information content (AvgIpc) is 3.18. The first-order valence-electron chi connectivity index (χ1n) is 6.90. The number of aliphatic carboxylic acids is 1. The Balaban J connectivity index is 2.54. The van der Waals surface area contributed by atoms with Crippen LogP contribution in [0.2, 0.25) is 0 Å². The summed E-state index contributed by atoms with van der Waals surface area (Å²) in [5.41, 5.74) is -1.28. The number of carboxylic acids is 1. The molecule has 3 amide bonds. The van der Waals surface area contributed by atoms with Gasteiger partial charge in [-0.05, 0) is 25.7 Å². The Morgan fingerprint density at radius 3 is 2.20 bits per heavy atom. The van der Waals surface area contributed by atoms with Crippen LogP contribution in [-0.4, -0.2) is 53.1 Å². The Morgan fingerprint density at radius 2 is 1.80 bits per heavy atom. The third-order valence-corrected chi connectivity index (χ3v) is 3.63. The first kappa shape index (κ1) is 16.3. The number of urea groups is 1. The van der Waals surface area contributed by atoms with Crippen LogP contribution in [0, 0.1) is 0 Å². The van der Waals surface area contributed by atoms with Gasteiger partial charge in [0.15, 0.2) is 0 Å².